The third-order valence-corrected chi connectivity index (χ3v) is 16.3. The quantitative estimate of drug-likeness (QED) is 0.147. The van der Waals surface area contributed by atoms with Crippen molar-refractivity contribution in [2.75, 3.05) is 0 Å². The van der Waals surface area contributed by atoms with Gasteiger partial charge in [-0.15, -0.1) is 0 Å². The summed E-state index contributed by atoms with van der Waals surface area (Å²) in [4.78, 5) is 0. The fraction of sp³-hybridized carbons (Fsp3) is 0.351. The van der Waals surface area contributed by atoms with Gasteiger partial charge in [0, 0.05) is 20.7 Å². The minimum absolute atomic E-state index is 0.250. The van der Waals surface area contributed by atoms with E-state index in [1.165, 1.54) is 65.7 Å². The zero-order chi connectivity index (χ0) is 30.3. The highest BCUT2D eigenvalue weighted by Gasteiger charge is 2.50. The molecule has 0 aliphatic carbocycles. The van der Waals surface area contributed by atoms with Gasteiger partial charge in [0.2, 0.25) is 0 Å². The highest BCUT2D eigenvalue weighted by molar-refractivity contribution is 8.09. The van der Waals surface area contributed by atoms with Gasteiger partial charge >= 0.3 is 15.1 Å². The van der Waals surface area contributed by atoms with Gasteiger partial charge in [-0.1, -0.05) is 24.3 Å². The highest BCUT2D eigenvalue weighted by Crippen LogP contribution is 2.63. The molecule has 0 heterocycles. The van der Waals surface area contributed by atoms with Crippen LogP contribution in [0.2, 0.25) is 0 Å². The Hall–Kier alpha value is -2.13. The third kappa shape index (κ3) is 6.61. The van der Waals surface area contributed by atoms with Crippen molar-refractivity contribution in [3.8, 4) is 0 Å². The lowest BCUT2D eigenvalue weighted by Crippen LogP contribution is -2.36. The molecular weight excluding hydrogens is 528 g/mol. The summed E-state index contributed by atoms with van der Waals surface area (Å²) in [5.41, 5.74) is 10.7. The average molecular weight is 574 g/mol. The first kappa shape index (κ1) is 31.8. The van der Waals surface area contributed by atoms with E-state index in [9.17, 15) is 0 Å². The van der Waals surface area contributed by atoms with Crippen LogP contribution in [0.3, 0.4) is 0 Å². The van der Waals surface area contributed by atoms with Crippen molar-refractivity contribution in [2.45, 2.75) is 87.0 Å². The Morgan fingerprint density at radius 3 is 0.732 bits per heavy atom. The minimum atomic E-state index is -2.26. The zero-order valence-corrected chi connectivity index (χ0v) is 28.6. The Balaban J connectivity index is 1.89. The van der Waals surface area contributed by atoms with E-state index in [0.717, 1.165) is 6.42 Å². The van der Waals surface area contributed by atoms with E-state index in [4.69, 9.17) is 15.1 Å². The molecule has 208 valence electrons. The molecule has 4 aromatic rings. The second-order valence-electron chi connectivity index (χ2n) is 12.9. The van der Waals surface area contributed by atoms with Gasteiger partial charge in [-0.3, -0.25) is 0 Å². The SMILES string of the molecule is [B][P+](c1cc(C)cc(C)c1)(c1cc(C)cc(C)c1)[C@@H](C)C[C@H](C)[P+]([B])(c1cc(C)cc(C)c1)c1cc(C)cc(C)c1. The molecule has 0 N–H and O–H groups in total. The maximum Gasteiger partial charge on any atom is 0.377 e. The van der Waals surface area contributed by atoms with E-state index in [1.807, 2.05) is 0 Å². The monoisotopic (exact) mass is 574 g/mol. The lowest BCUT2D eigenvalue weighted by atomic mass is 10.1. The molecule has 0 aliphatic heterocycles. The van der Waals surface area contributed by atoms with Crippen LogP contribution in [-0.4, -0.2) is 26.4 Å². The third-order valence-electron chi connectivity index (χ3n) is 8.61. The predicted octanol–water partition coefficient (Wildman–Crippen LogP) is 8.13. The molecule has 0 amide bonds. The van der Waals surface area contributed by atoms with Crippen LogP contribution < -0.4 is 21.2 Å². The Morgan fingerprint density at radius 2 is 0.561 bits per heavy atom. The largest absolute Gasteiger partial charge is 0.377 e. The number of benzene rings is 4. The van der Waals surface area contributed by atoms with Crippen molar-refractivity contribution in [1.29, 1.82) is 0 Å². The first-order chi connectivity index (χ1) is 19.1. The molecule has 0 unspecified atom stereocenters. The molecule has 0 bridgehead atoms. The second-order valence-corrected chi connectivity index (χ2v) is 19.8. The number of aryl methyl sites for hydroxylation is 8. The van der Waals surface area contributed by atoms with Crippen molar-refractivity contribution in [1.82, 2.24) is 0 Å². The van der Waals surface area contributed by atoms with Crippen molar-refractivity contribution in [3.63, 3.8) is 0 Å². The molecule has 0 saturated carbocycles. The summed E-state index contributed by atoms with van der Waals surface area (Å²) in [5, 5.41) is 5.16. The molecule has 2 atom stereocenters. The summed E-state index contributed by atoms with van der Waals surface area (Å²) in [5.74, 6) is 0. The van der Waals surface area contributed by atoms with Gasteiger partial charge in [0.15, 0.2) is 0 Å². The van der Waals surface area contributed by atoms with E-state index in [0.29, 0.717) is 0 Å². The normalized spacial score (nSPS) is 13.7. The van der Waals surface area contributed by atoms with Gasteiger partial charge in [-0.05, 0) is 162 Å². The van der Waals surface area contributed by atoms with Crippen LogP contribution in [0.5, 0.6) is 0 Å². The van der Waals surface area contributed by atoms with Crippen LogP contribution in [-0.2, 0) is 0 Å². The molecule has 4 heteroatoms. The molecule has 4 radical (unpaired) electrons. The van der Waals surface area contributed by atoms with Crippen LogP contribution in [0, 0.1) is 55.4 Å². The van der Waals surface area contributed by atoms with E-state index in [1.54, 1.807) is 0 Å². The second kappa shape index (κ2) is 12.2. The summed E-state index contributed by atoms with van der Waals surface area (Å²) in [6, 6.07) is 27.6. The van der Waals surface area contributed by atoms with E-state index >= 15 is 0 Å². The predicted molar refractivity (Wildman–Crippen MR) is 191 cm³/mol. The fourth-order valence-corrected chi connectivity index (χ4v) is 14.2. The van der Waals surface area contributed by atoms with E-state index < -0.39 is 14.3 Å². The van der Waals surface area contributed by atoms with Crippen LogP contribution >= 0.6 is 14.3 Å². The van der Waals surface area contributed by atoms with Gasteiger partial charge in [0.25, 0.3) is 0 Å². The van der Waals surface area contributed by atoms with Gasteiger partial charge < -0.3 is 0 Å². The van der Waals surface area contributed by atoms with Crippen molar-refractivity contribution >= 4 is 50.6 Å². The lowest BCUT2D eigenvalue weighted by molar-refractivity contribution is 0.789. The Bertz CT molecular complexity index is 1270. The maximum absolute atomic E-state index is 7.81. The maximum atomic E-state index is 7.81. The van der Waals surface area contributed by atoms with E-state index in [2.05, 4.69) is 142 Å². The van der Waals surface area contributed by atoms with Crippen LogP contribution in [0.25, 0.3) is 0 Å². The molecule has 4 rings (SSSR count). The lowest BCUT2D eigenvalue weighted by Gasteiger charge is -2.36. The first-order valence-electron chi connectivity index (χ1n) is 14.8. The summed E-state index contributed by atoms with van der Waals surface area (Å²) in [6.07, 6.45) is 0.953. The van der Waals surface area contributed by atoms with Gasteiger partial charge in [-0.25, -0.2) is 0 Å². The molecule has 0 saturated heterocycles. The molecule has 41 heavy (non-hydrogen) atoms. The number of rotatable bonds is 8. The number of hydrogen-bond donors (Lipinski definition) is 0. The van der Waals surface area contributed by atoms with Crippen molar-refractivity contribution < 1.29 is 0 Å². The summed E-state index contributed by atoms with van der Waals surface area (Å²) in [7, 11) is 11.1. The summed E-state index contributed by atoms with van der Waals surface area (Å²) in [6.45, 7) is 22.3. The Morgan fingerprint density at radius 1 is 0.390 bits per heavy atom. The van der Waals surface area contributed by atoms with E-state index in [-0.39, 0.29) is 11.3 Å². The van der Waals surface area contributed by atoms with Gasteiger partial charge in [0.05, 0.1) is 32.5 Å². The Kier molecular flexibility index (Phi) is 9.49. The molecule has 0 aromatic heterocycles. The first-order valence-corrected chi connectivity index (χ1v) is 18.7. The molecule has 0 spiro atoms. The van der Waals surface area contributed by atoms with Crippen LogP contribution in [0.4, 0.5) is 0 Å². The van der Waals surface area contributed by atoms with Gasteiger partial charge in [-0.2, -0.15) is 0 Å². The molecular formula is C37H46B2P2+2. The number of hydrogen-bond acceptors (Lipinski definition) is 0. The Labute approximate surface area is 254 Å². The van der Waals surface area contributed by atoms with Crippen LogP contribution in [0.1, 0.15) is 64.8 Å². The standard InChI is InChI=1S/C37H46B2P2/c1-24-11-25(2)16-34(15-24)40(38,35-17-26(3)12-27(4)18-35)32(9)23-33(10)41(39,36-19-28(5)13-29(6)20-36)37-21-30(7)14-31(8)22-37/h11-22,32-33H,23H2,1-10H3/q+2/t32-,33-/m0/s1. The van der Waals surface area contributed by atoms with Crippen LogP contribution in [0.15, 0.2) is 72.8 Å². The molecule has 4 aromatic carbocycles. The zero-order valence-electron chi connectivity index (χ0n) is 26.8. The molecule has 0 aliphatic rings. The topological polar surface area (TPSA) is 0 Å². The molecule has 0 fully saturated rings. The molecule has 0 nitrogen and oxygen atoms in total. The summed E-state index contributed by atoms with van der Waals surface area (Å²) >= 11 is 0. The minimum Gasteiger partial charge on any atom is -0.0561 e. The summed E-state index contributed by atoms with van der Waals surface area (Å²) < 4.78 is 0. The smallest absolute Gasteiger partial charge is 0.0561 e. The van der Waals surface area contributed by atoms with Crippen molar-refractivity contribution in [3.05, 3.63) is 117 Å². The van der Waals surface area contributed by atoms with Gasteiger partial charge in [0.1, 0.15) is 0 Å². The highest BCUT2D eigenvalue weighted by atomic mass is 31.2. The average Bonchev–Trinajstić information content (AvgIpc) is 2.85. The fourth-order valence-electron chi connectivity index (χ4n) is 6.80. The van der Waals surface area contributed by atoms with Crippen molar-refractivity contribution in [2.24, 2.45) is 0 Å².